The van der Waals surface area contributed by atoms with Crippen molar-refractivity contribution in [2.75, 3.05) is 13.1 Å². The standard InChI is InChI=1S/C23H35NO8/c1-4-8-24(9-5-2)15-11-13-6-7-16(25)20(14(13)10-12(15)3)31-23-19(28)17(26)18(27)21(32-23)22(29)30/h6-7,12,15,17-19,21,23,25-28H,4-5,8-11H2,1-3H3,(H,29,30)/t12-,15-,17+,18+,19-,21+,23-/m1/s1. The van der Waals surface area contributed by atoms with Gasteiger partial charge in [0, 0.05) is 11.6 Å². The second-order valence-electron chi connectivity index (χ2n) is 8.89. The highest BCUT2D eigenvalue weighted by molar-refractivity contribution is 5.73. The number of hydrogen-bond donors (Lipinski definition) is 5. The zero-order valence-corrected chi connectivity index (χ0v) is 18.8. The lowest BCUT2D eigenvalue weighted by Crippen LogP contribution is -2.61. The molecule has 1 fully saturated rings. The number of nitrogens with zero attached hydrogens (tertiary/aromatic N) is 1. The van der Waals surface area contributed by atoms with Crippen LogP contribution in [0.4, 0.5) is 0 Å². The summed E-state index contributed by atoms with van der Waals surface area (Å²) in [7, 11) is 0. The van der Waals surface area contributed by atoms with E-state index in [1.165, 1.54) is 6.07 Å². The number of phenolic OH excluding ortho intramolecular Hbond substituents is 1. The summed E-state index contributed by atoms with van der Waals surface area (Å²) in [4.78, 5) is 13.9. The van der Waals surface area contributed by atoms with Crippen molar-refractivity contribution in [3.8, 4) is 11.5 Å². The Kier molecular flexibility index (Phi) is 8.00. The molecule has 180 valence electrons. The summed E-state index contributed by atoms with van der Waals surface area (Å²) in [6, 6.07) is 3.73. The van der Waals surface area contributed by atoms with Gasteiger partial charge in [-0.3, -0.25) is 4.90 Å². The molecular formula is C23H35NO8. The first-order valence-corrected chi connectivity index (χ1v) is 11.4. The first-order valence-electron chi connectivity index (χ1n) is 11.4. The van der Waals surface area contributed by atoms with E-state index in [2.05, 4.69) is 25.7 Å². The third-order valence-corrected chi connectivity index (χ3v) is 6.49. The highest BCUT2D eigenvalue weighted by Gasteiger charge is 2.48. The molecule has 0 amide bonds. The molecule has 3 rings (SSSR count). The van der Waals surface area contributed by atoms with E-state index in [-0.39, 0.29) is 17.4 Å². The van der Waals surface area contributed by atoms with Crippen LogP contribution in [0.15, 0.2) is 12.1 Å². The molecule has 1 saturated heterocycles. The molecule has 2 aliphatic rings. The maximum absolute atomic E-state index is 11.4. The van der Waals surface area contributed by atoms with E-state index in [1.807, 2.05) is 6.07 Å². The van der Waals surface area contributed by atoms with Gasteiger partial charge in [0.2, 0.25) is 6.29 Å². The van der Waals surface area contributed by atoms with Crippen LogP contribution in [0.5, 0.6) is 11.5 Å². The van der Waals surface area contributed by atoms with E-state index in [4.69, 9.17) is 9.47 Å². The Morgan fingerprint density at radius 3 is 2.34 bits per heavy atom. The Bertz CT molecular complexity index is 796. The molecule has 9 heteroatoms. The lowest BCUT2D eigenvalue weighted by Gasteiger charge is -2.41. The van der Waals surface area contributed by atoms with Gasteiger partial charge >= 0.3 is 5.97 Å². The molecule has 7 atom stereocenters. The topological polar surface area (TPSA) is 140 Å². The minimum Gasteiger partial charge on any atom is -0.504 e. The number of ether oxygens (including phenoxy) is 2. The highest BCUT2D eigenvalue weighted by atomic mass is 16.7. The fraction of sp³-hybridized carbons (Fsp3) is 0.696. The molecule has 1 aliphatic carbocycles. The average Bonchev–Trinajstić information content (AvgIpc) is 2.75. The maximum atomic E-state index is 11.4. The second-order valence-corrected chi connectivity index (χ2v) is 8.89. The summed E-state index contributed by atoms with van der Waals surface area (Å²) in [6.07, 6.45) is -5.04. The number of fused-ring (bicyclic) bond motifs is 1. The van der Waals surface area contributed by atoms with Crippen molar-refractivity contribution in [3.63, 3.8) is 0 Å². The number of aliphatic hydroxyl groups is 3. The van der Waals surface area contributed by atoms with E-state index in [9.17, 15) is 30.3 Å². The van der Waals surface area contributed by atoms with Gasteiger partial charge in [-0.05, 0) is 56.3 Å². The molecule has 32 heavy (non-hydrogen) atoms. The Balaban J connectivity index is 1.87. The van der Waals surface area contributed by atoms with Crippen LogP contribution in [0.2, 0.25) is 0 Å². The predicted octanol–water partition coefficient (Wildman–Crippen LogP) is 0.888. The zero-order valence-electron chi connectivity index (χ0n) is 18.8. The van der Waals surface area contributed by atoms with Gasteiger partial charge in [0.25, 0.3) is 0 Å². The molecule has 1 aromatic carbocycles. The molecule has 1 aromatic rings. The molecule has 0 spiro atoms. The smallest absolute Gasteiger partial charge is 0.335 e. The molecule has 0 radical (unpaired) electrons. The normalized spacial score (nSPS) is 32.5. The number of benzene rings is 1. The quantitative estimate of drug-likeness (QED) is 0.388. The van der Waals surface area contributed by atoms with Gasteiger partial charge in [-0.25, -0.2) is 4.79 Å². The van der Waals surface area contributed by atoms with Crippen molar-refractivity contribution in [3.05, 3.63) is 23.3 Å². The Labute approximate surface area is 188 Å². The van der Waals surface area contributed by atoms with E-state index in [0.29, 0.717) is 12.5 Å². The molecule has 1 heterocycles. The van der Waals surface area contributed by atoms with Crippen LogP contribution in [-0.2, 0) is 22.4 Å². The first kappa shape index (κ1) is 24.7. The largest absolute Gasteiger partial charge is 0.504 e. The van der Waals surface area contributed by atoms with Gasteiger partial charge in [0.15, 0.2) is 17.6 Å². The number of rotatable bonds is 8. The lowest BCUT2D eigenvalue weighted by atomic mass is 9.79. The first-order chi connectivity index (χ1) is 15.2. The Morgan fingerprint density at radius 2 is 1.75 bits per heavy atom. The summed E-state index contributed by atoms with van der Waals surface area (Å²) in [5.74, 6) is -1.25. The maximum Gasteiger partial charge on any atom is 0.335 e. The van der Waals surface area contributed by atoms with Crippen LogP contribution in [-0.4, -0.2) is 86.2 Å². The number of hydrogen-bond acceptors (Lipinski definition) is 8. The average molecular weight is 454 g/mol. The summed E-state index contributed by atoms with van der Waals surface area (Å²) in [5.41, 5.74) is 1.80. The van der Waals surface area contributed by atoms with Crippen molar-refractivity contribution in [1.82, 2.24) is 4.90 Å². The molecule has 9 nitrogen and oxygen atoms in total. The van der Waals surface area contributed by atoms with Gasteiger partial charge in [-0.1, -0.05) is 26.8 Å². The number of carboxylic acids is 1. The lowest BCUT2D eigenvalue weighted by molar-refractivity contribution is -0.271. The van der Waals surface area contributed by atoms with Gasteiger partial charge < -0.3 is 35.0 Å². The summed E-state index contributed by atoms with van der Waals surface area (Å²) >= 11 is 0. The van der Waals surface area contributed by atoms with Crippen LogP contribution in [0.3, 0.4) is 0 Å². The summed E-state index contributed by atoms with van der Waals surface area (Å²) in [5, 5.41) is 50.0. The van der Waals surface area contributed by atoms with E-state index in [1.54, 1.807) is 0 Å². The van der Waals surface area contributed by atoms with Crippen molar-refractivity contribution < 1.29 is 39.8 Å². The monoisotopic (exact) mass is 453 g/mol. The van der Waals surface area contributed by atoms with Crippen molar-refractivity contribution in [2.24, 2.45) is 5.92 Å². The molecule has 0 saturated carbocycles. The highest BCUT2D eigenvalue weighted by Crippen LogP contribution is 2.41. The number of carboxylic acid groups (broad SMARTS) is 1. The SMILES string of the molecule is CCCN(CCC)[C@@H]1Cc2ccc(O)c(O[C@@H]3O[C@H](C(=O)O)[C@@H](O)[C@H](O)[C@H]3O)c2C[C@H]1C. The molecule has 1 aliphatic heterocycles. The number of aromatic hydroxyl groups is 1. The minimum absolute atomic E-state index is 0.113. The number of aliphatic hydroxyl groups excluding tert-OH is 3. The van der Waals surface area contributed by atoms with Gasteiger partial charge in [-0.2, -0.15) is 0 Å². The predicted molar refractivity (Wildman–Crippen MR) is 116 cm³/mol. The fourth-order valence-corrected chi connectivity index (χ4v) is 4.86. The molecule has 0 unspecified atom stereocenters. The number of carbonyl (C=O) groups is 1. The Morgan fingerprint density at radius 1 is 1.09 bits per heavy atom. The zero-order chi connectivity index (χ0) is 23.6. The summed E-state index contributed by atoms with van der Waals surface area (Å²) < 4.78 is 11.0. The van der Waals surface area contributed by atoms with Crippen molar-refractivity contribution >= 4 is 5.97 Å². The van der Waals surface area contributed by atoms with Gasteiger partial charge in [0.05, 0.1) is 0 Å². The van der Waals surface area contributed by atoms with E-state index in [0.717, 1.165) is 43.5 Å². The molecule has 0 aromatic heterocycles. The minimum atomic E-state index is -1.80. The fourth-order valence-electron chi connectivity index (χ4n) is 4.86. The molecular weight excluding hydrogens is 418 g/mol. The molecule has 5 N–H and O–H groups in total. The van der Waals surface area contributed by atoms with Crippen molar-refractivity contribution in [2.45, 2.75) is 83.2 Å². The second kappa shape index (κ2) is 10.4. The van der Waals surface area contributed by atoms with Gasteiger partial charge in [0.1, 0.15) is 18.3 Å². The number of phenols is 1. The van der Waals surface area contributed by atoms with Crippen molar-refractivity contribution in [1.29, 1.82) is 0 Å². The van der Waals surface area contributed by atoms with Crippen LogP contribution < -0.4 is 4.74 Å². The summed E-state index contributed by atoms with van der Waals surface area (Å²) in [6.45, 7) is 8.52. The van der Waals surface area contributed by atoms with Gasteiger partial charge in [-0.15, -0.1) is 0 Å². The van der Waals surface area contributed by atoms with E-state index < -0.39 is 36.7 Å². The third-order valence-electron chi connectivity index (χ3n) is 6.49. The van der Waals surface area contributed by atoms with Crippen LogP contribution in [0.1, 0.15) is 44.7 Å². The number of aliphatic carboxylic acids is 1. The molecule has 0 bridgehead atoms. The van der Waals surface area contributed by atoms with Crippen LogP contribution in [0.25, 0.3) is 0 Å². The third kappa shape index (κ3) is 4.87. The van der Waals surface area contributed by atoms with Crippen LogP contribution >= 0.6 is 0 Å². The van der Waals surface area contributed by atoms with Crippen LogP contribution in [0, 0.1) is 5.92 Å². The Hall–Kier alpha value is -1.91. The van der Waals surface area contributed by atoms with E-state index >= 15 is 0 Å².